The van der Waals surface area contributed by atoms with Gasteiger partial charge in [-0.15, -0.1) is 0 Å². The van der Waals surface area contributed by atoms with Crippen LogP contribution in [0.15, 0.2) is 36.4 Å². The zero-order chi connectivity index (χ0) is 31.3. The number of ether oxygens (including phenoxy) is 1. The molecule has 1 aromatic carbocycles. The lowest BCUT2D eigenvalue weighted by Crippen LogP contribution is -2.71. The molecule has 0 radical (unpaired) electrons. The Morgan fingerprint density at radius 3 is 2.21 bits per heavy atom. The topological polar surface area (TPSA) is 104 Å². The number of esters is 1. The number of fused-ring (bicyclic) bond motifs is 7. The molecule has 0 spiro atoms. The van der Waals surface area contributed by atoms with E-state index in [1.54, 1.807) is 12.1 Å². The molecule has 0 unspecified atom stereocenters. The maximum atomic E-state index is 13.8. The van der Waals surface area contributed by atoms with Crippen molar-refractivity contribution >= 4 is 11.9 Å². The Bertz CT molecular complexity index is 1320. The minimum absolute atomic E-state index is 0.0301. The molecule has 43 heavy (non-hydrogen) atoms. The van der Waals surface area contributed by atoms with Crippen LogP contribution in [0.4, 0.5) is 0 Å². The largest absolute Gasteiger partial charge is 0.508 e. The summed E-state index contributed by atoms with van der Waals surface area (Å²) in [7, 11) is 0. The maximum Gasteiger partial charge on any atom is 0.338 e. The lowest BCUT2D eigenvalue weighted by molar-refractivity contribution is -0.282. The van der Waals surface area contributed by atoms with Crippen molar-refractivity contribution in [2.45, 2.75) is 112 Å². The Morgan fingerprint density at radius 1 is 0.907 bits per heavy atom. The highest BCUT2D eigenvalue weighted by atomic mass is 16.5. The normalized spacial score (nSPS) is 46.4. The third-order valence-electron chi connectivity index (χ3n) is 14.9. The van der Waals surface area contributed by atoms with Gasteiger partial charge >= 0.3 is 11.9 Å². The first-order chi connectivity index (χ1) is 20.0. The minimum Gasteiger partial charge on any atom is -0.508 e. The third kappa shape index (κ3) is 3.99. The lowest BCUT2D eigenvalue weighted by Gasteiger charge is -2.73. The van der Waals surface area contributed by atoms with E-state index < -0.39 is 17.5 Å². The number of allylic oxidation sites excluding steroid dienone is 1. The highest BCUT2D eigenvalue weighted by Crippen LogP contribution is 2.77. The van der Waals surface area contributed by atoms with Crippen molar-refractivity contribution in [1.29, 1.82) is 0 Å². The molecule has 236 valence electrons. The van der Waals surface area contributed by atoms with Gasteiger partial charge in [0.2, 0.25) is 0 Å². The lowest BCUT2D eigenvalue weighted by atomic mass is 9.31. The first kappa shape index (κ1) is 30.7. The Kier molecular flexibility index (Phi) is 7.01. The Labute approximate surface area is 257 Å². The van der Waals surface area contributed by atoms with Crippen LogP contribution in [0.25, 0.3) is 0 Å². The van der Waals surface area contributed by atoms with Crippen molar-refractivity contribution < 1.29 is 29.6 Å². The van der Waals surface area contributed by atoms with E-state index in [0.717, 1.165) is 44.1 Å². The second kappa shape index (κ2) is 9.83. The molecule has 0 heterocycles. The molecule has 5 aliphatic rings. The molecule has 6 nitrogen and oxygen atoms in total. The molecular formula is C37H52O6. The molecule has 5 saturated carbocycles. The number of carboxylic acids is 1. The summed E-state index contributed by atoms with van der Waals surface area (Å²) in [6, 6.07) is 6.26. The van der Waals surface area contributed by atoms with Crippen LogP contribution in [0.1, 0.15) is 110 Å². The fourth-order valence-electron chi connectivity index (χ4n) is 12.4. The molecule has 5 fully saturated rings. The van der Waals surface area contributed by atoms with Gasteiger partial charge < -0.3 is 20.1 Å². The number of aliphatic hydroxyl groups is 1. The van der Waals surface area contributed by atoms with Crippen LogP contribution in [-0.4, -0.2) is 39.5 Å². The third-order valence-corrected chi connectivity index (χ3v) is 14.9. The van der Waals surface area contributed by atoms with E-state index in [-0.39, 0.29) is 69.1 Å². The number of hydrogen-bond donors (Lipinski definition) is 3. The highest BCUT2D eigenvalue weighted by Gasteiger charge is 2.75. The fraction of sp³-hybridized carbons (Fsp3) is 0.730. The number of phenolic OH excluding ortho intramolecular Hbond substituents is 1. The average Bonchev–Trinajstić information content (AvgIpc) is 3.35. The van der Waals surface area contributed by atoms with Crippen molar-refractivity contribution in [1.82, 2.24) is 0 Å². The van der Waals surface area contributed by atoms with Crippen LogP contribution in [0.2, 0.25) is 0 Å². The maximum absolute atomic E-state index is 13.8. The second-order valence-electron chi connectivity index (χ2n) is 16.5. The molecular weight excluding hydrogens is 540 g/mol. The predicted molar refractivity (Wildman–Crippen MR) is 165 cm³/mol. The summed E-state index contributed by atoms with van der Waals surface area (Å²) in [5.74, 6) is -0.0701. The zero-order valence-electron chi connectivity index (χ0n) is 27.0. The standard InChI is InChI=1S/C37H52O6/c1-21(2)24-14-17-37(32(41)42)19-18-35(6)25(30(24)37)12-13-26-34(5)16-15-28(39)33(3,4)27(34)20-29(36(26,35)7)43-31(40)22-8-10-23(38)11-9-22/h8-11,24-30,38-39H,1,12-20H2,2-7H3,(H,41,42)/t24-,25+,26+,27-,28-,29-,30+,34+,35+,36-,37-/m0/s1. The van der Waals surface area contributed by atoms with Gasteiger partial charge in [0.05, 0.1) is 17.1 Å². The van der Waals surface area contributed by atoms with Crippen molar-refractivity contribution in [3.05, 3.63) is 42.0 Å². The number of carbonyl (C=O) groups is 2. The van der Waals surface area contributed by atoms with Gasteiger partial charge in [0.25, 0.3) is 0 Å². The number of benzene rings is 1. The number of rotatable bonds is 4. The Morgan fingerprint density at radius 2 is 1.58 bits per heavy atom. The molecule has 0 aliphatic heterocycles. The monoisotopic (exact) mass is 592 g/mol. The summed E-state index contributed by atoms with van der Waals surface area (Å²) < 4.78 is 6.65. The first-order valence-electron chi connectivity index (χ1n) is 16.6. The molecule has 3 N–H and O–H groups in total. The number of aliphatic hydroxyl groups excluding tert-OH is 1. The molecule has 0 amide bonds. The predicted octanol–water partition coefficient (Wildman–Crippen LogP) is 7.63. The number of aliphatic carboxylic acids is 1. The Hall–Kier alpha value is -2.34. The van der Waals surface area contributed by atoms with Crippen LogP contribution in [-0.2, 0) is 9.53 Å². The molecule has 0 bridgehead atoms. The molecule has 0 aromatic heterocycles. The van der Waals surface area contributed by atoms with E-state index in [2.05, 4.69) is 48.1 Å². The van der Waals surface area contributed by atoms with Gasteiger partial charge in [-0.25, -0.2) is 4.79 Å². The van der Waals surface area contributed by atoms with Gasteiger partial charge in [-0.2, -0.15) is 0 Å². The molecule has 11 atom stereocenters. The first-order valence-corrected chi connectivity index (χ1v) is 16.6. The van der Waals surface area contributed by atoms with Crippen LogP contribution in [0, 0.1) is 56.7 Å². The summed E-state index contributed by atoms with van der Waals surface area (Å²) in [6.07, 6.45) is 6.59. The van der Waals surface area contributed by atoms with E-state index >= 15 is 0 Å². The smallest absolute Gasteiger partial charge is 0.338 e. The van der Waals surface area contributed by atoms with Crippen molar-refractivity contribution in [2.75, 3.05) is 0 Å². The average molecular weight is 593 g/mol. The van der Waals surface area contributed by atoms with Crippen molar-refractivity contribution in [3.63, 3.8) is 0 Å². The van der Waals surface area contributed by atoms with Gasteiger partial charge in [-0.1, -0.05) is 46.8 Å². The van der Waals surface area contributed by atoms with Crippen LogP contribution < -0.4 is 0 Å². The summed E-state index contributed by atoms with van der Waals surface area (Å²) in [4.78, 5) is 26.9. The van der Waals surface area contributed by atoms with Crippen LogP contribution >= 0.6 is 0 Å². The molecule has 6 rings (SSSR count). The molecule has 0 saturated heterocycles. The minimum atomic E-state index is -0.715. The van der Waals surface area contributed by atoms with E-state index in [0.29, 0.717) is 24.8 Å². The number of aromatic hydroxyl groups is 1. The van der Waals surface area contributed by atoms with E-state index in [9.17, 15) is 24.9 Å². The zero-order valence-corrected chi connectivity index (χ0v) is 27.0. The van der Waals surface area contributed by atoms with Gasteiger partial charge in [-0.3, -0.25) is 4.79 Å². The van der Waals surface area contributed by atoms with Gasteiger partial charge in [0.15, 0.2) is 0 Å². The highest BCUT2D eigenvalue weighted by molar-refractivity contribution is 5.89. The van der Waals surface area contributed by atoms with E-state index in [1.165, 1.54) is 12.1 Å². The van der Waals surface area contributed by atoms with E-state index in [1.807, 2.05) is 0 Å². The summed E-state index contributed by atoms with van der Waals surface area (Å²) in [5, 5.41) is 31.8. The molecule has 1 aromatic rings. The SMILES string of the molecule is C=C(C)[C@@H]1CC[C@]2(C(=O)O)CC[C@]3(C)[C@H](CC[C@@H]4[C@@]5(C)CC[C@H](O)C(C)(C)[C@@H]5C[C@H](OC(=O)c5ccc(O)cc5)[C@]43C)[C@@H]12. The van der Waals surface area contributed by atoms with E-state index in [4.69, 9.17) is 4.74 Å². The number of hydrogen-bond acceptors (Lipinski definition) is 5. The summed E-state index contributed by atoms with van der Waals surface area (Å²) in [5.41, 5.74) is -0.163. The van der Waals surface area contributed by atoms with Crippen LogP contribution in [0.5, 0.6) is 5.75 Å². The van der Waals surface area contributed by atoms with Crippen molar-refractivity contribution in [2.24, 2.45) is 56.7 Å². The summed E-state index contributed by atoms with van der Waals surface area (Å²) in [6.45, 7) is 18.0. The quantitative estimate of drug-likeness (QED) is 0.245. The van der Waals surface area contributed by atoms with Gasteiger partial charge in [0.1, 0.15) is 11.9 Å². The van der Waals surface area contributed by atoms with Crippen molar-refractivity contribution in [3.8, 4) is 5.75 Å². The summed E-state index contributed by atoms with van der Waals surface area (Å²) >= 11 is 0. The number of carbonyl (C=O) groups excluding carboxylic acids is 1. The van der Waals surface area contributed by atoms with Crippen LogP contribution in [0.3, 0.4) is 0 Å². The number of phenols is 1. The fourth-order valence-corrected chi connectivity index (χ4v) is 12.4. The Balaban J connectivity index is 1.48. The number of carboxylic acid groups (broad SMARTS) is 1. The molecule has 5 aliphatic carbocycles. The van der Waals surface area contributed by atoms with Gasteiger partial charge in [0, 0.05) is 5.41 Å². The molecule has 6 heteroatoms. The second-order valence-corrected chi connectivity index (χ2v) is 16.5. The van der Waals surface area contributed by atoms with Gasteiger partial charge in [-0.05, 0) is 135 Å².